The summed E-state index contributed by atoms with van der Waals surface area (Å²) in [5.74, 6) is 0.829. The summed E-state index contributed by atoms with van der Waals surface area (Å²) >= 11 is 0. The third kappa shape index (κ3) is 2.48. The maximum atomic E-state index is 6.03. The lowest BCUT2D eigenvalue weighted by Crippen LogP contribution is -2.34. The van der Waals surface area contributed by atoms with E-state index in [0.29, 0.717) is 12.3 Å². The molecule has 0 aromatic carbocycles. The van der Waals surface area contributed by atoms with E-state index in [9.17, 15) is 0 Å². The highest BCUT2D eigenvalue weighted by Crippen LogP contribution is 2.39. The number of nitrogen functional groups attached to an aromatic ring is 1. The topological polar surface area (TPSA) is 61.0 Å². The molecule has 2 rings (SSSR count). The highest BCUT2D eigenvalue weighted by atomic mass is 16.5. The predicted molar refractivity (Wildman–Crippen MR) is 72.2 cm³/mol. The zero-order valence-electron chi connectivity index (χ0n) is 11.4. The highest BCUT2D eigenvalue weighted by Gasteiger charge is 2.37. The summed E-state index contributed by atoms with van der Waals surface area (Å²) in [5, 5.41) is 0. The molecule has 4 heteroatoms. The zero-order valence-corrected chi connectivity index (χ0v) is 11.4. The lowest BCUT2D eigenvalue weighted by molar-refractivity contribution is -0.0767. The highest BCUT2D eigenvalue weighted by molar-refractivity contribution is 5.40. The van der Waals surface area contributed by atoms with Gasteiger partial charge in [0.25, 0.3) is 0 Å². The normalized spacial score (nSPS) is 18.8. The van der Waals surface area contributed by atoms with Crippen molar-refractivity contribution < 1.29 is 4.74 Å². The fraction of sp³-hybridized carbons (Fsp3) is 0.714. The lowest BCUT2D eigenvalue weighted by Gasteiger charge is -2.35. The van der Waals surface area contributed by atoms with Gasteiger partial charge >= 0.3 is 0 Å². The van der Waals surface area contributed by atoms with Gasteiger partial charge in [0.05, 0.1) is 17.6 Å². The first-order chi connectivity index (χ1) is 8.72. The van der Waals surface area contributed by atoms with E-state index in [1.54, 1.807) is 6.20 Å². The van der Waals surface area contributed by atoms with Gasteiger partial charge in [-0.05, 0) is 26.2 Å². The Hall–Kier alpha value is -1.16. The van der Waals surface area contributed by atoms with Gasteiger partial charge in [-0.25, -0.2) is 9.97 Å². The molecule has 0 amide bonds. The Bertz CT molecular complexity index is 395. The van der Waals surface area contributed by atoms with Crippen LogP contribution in [-0.4, -0.2) is 16.6 Å². The van der Waals surface area contributed by atoms with Gasteiger partial charge < -0.3 is 10.5 Å². The van der Waals surface area contributed by atoms with E-state index in [-0.39, 0.29) is 5.60 Å². The Morgan fingerprint density at radius 2 is 2.00 bits per heavy atom. The third-order valence-electron chi connectivity index (χ3n) is 3.72. The van der Waals surface area contributed by atoms with Gasteiger partial charge in [-0.1, -0.05) is 26.2 Å². The molecule has 18 heavy (non-hydrogen) atoms. The molecule has 1 aliphatic rings. The van der Waals surface area contributed by atoms with Crippen LogP contribution < -0.4 is 5.73 Å². The van der Waals surface area contributed by atoms with Crippen LogP contribution in [0.15, 0.2) is 6.20 Å². The van der Waals surface area contributed by atoms with Crippen LogP contribution in [0, 0.1) is 0 Å². The van der Waals surface area contributed by atoms with Gasteiger partial charge in [0, 0.05) is 6.61 Å². The molecule has 0 saturated heterocycles. The third-order valence-corrected chi connectivity index (χ3v) is 3.72. The van der Waals surface area contributed by atoms with Crippen molar-refractivity contribution in [2.24, 2.45) is 0 Å². The van der Waals surface area contributed by atoms with Crippen molar-refractivity contribution in [3.8, 4) is 0 Å². The van der Waals surface area contributed by atoms with Crippen molar-refractivity contribution in [3.63, 3.8) is 0 Å². The average molecular weight is 249 g/mol. The Balaban J connectivity index is 2.35. The van der Waals surface area contributed by atoms with Crippen LogP contribution in [0.3, 0.4) is 0 Å². The summed E-state index contributed by atoms with van der Waals surface area (Å²) in [6.07, 6.45) is 8.27. The second-order valence-corrected chi connectivity index (χ2v) is 4.94. The lowest BCUT2D eigenvalue weighted by atomic mass is 9.83. The number of hydrogen-bond donors (Lipinski definition) is 1. The standard InChI is InChI=1S/C14H23N3O/c1-3-12-11(15)10-16-13(17-12)14(18-4-2)8-6-5-7-9-14/h10H,3-9,15H2,1-2H3. The average Bonchev–Trinajstić information content (AvgIpc) is 2.40. The van der Waals surface area contributed by atoms with Crippen molar-refractivity contribution in [1.29, 1.82) is 0 Å². The fourth-order valence-corrected chi connectivity index (χ4v) is 2.76. The molecule has 1 aliphatic carbocycles. The first-order valence-electron chi connectivity index (χ1n) is 6.97. The largest absolute Gasteiger partial charge is 0.396 e. The second kappa shape index (κ2) is 5.65. The molecule has 1 saturated carbocycles. The quantitative estimate of drug-likeness (QED) is 0.891. The molecule has 1 aromatic heterocycles. The van der Waals surface area contributed by atoms with Crippen LogP contribution in [0.1, 0.15) is 57.5 Å². The molecule has 0 unspecified atom stereocenters. The molecular weight excluding hydrogens is 226 g/mol. The summed E-state index contributed by atoms with van der Waals surface area (Å²) in [7, 11) is 0. The zero-order chi connectivity index (χ0) is 13.0. The van der Waals surface area contributed by atoms with Gasteiger partial charge in [0.2, 0.25) is 0 Å². The molecule has 0 spiro atoms. The van der Waals surface area contributed by atoms with Crippen molar-refractivity contribution in [3.05, 3.63) is 17.7 Å². The van der Waals surface area contributed by atoms with Crippen LogP contribution in [0.4, 0.5) is 5.69 Å². The summed E-state index contributed by atoms with van der Waals surface area (Å²) in [6, 6.07) is 0. The van der Waals surface area contributed by atoms with E-state index in [2.05, 4.69) is 16.9 Å². The molecule has 0 atom stereocenters. The van der Waals surface area contributed by atoms with Crippen LogP contribution >= 0.6 is 0 Å². The van der Waals surface area contributed by atoms with Gasteiger partial charge in [-0.15, -0.1) is 0 Å². The summed E-state index contributed by atoms with van der Waals surface area (Å²) in [6.45, 7) is 4.81. The first-order valence-corrected chi connectivity index (χ1v) is 6.97. The number of hydrogen-bond acceptors (Lipinski definition) is 4. The van der Waals surface area contributed by atoms with Crippen LogP contribution in [0.25, 0.3) is 0 Å². The van der Waals surface area contributed by atoms with Crippen molar-refractivity contribution >= 4 is 5.69 Å². The summed E-state index contributed by atoms with van der Waals surface area (Å²) in [4.78, 5) is 9.08. The van der Waals surface area contributed by atoms with E-state index in [4.69, 9.17) is 10.5 Å². The van der Waals surface area contributed by atoms with Gasteiger partial charge in [-0.3, -0.25) is 0 Å². The van der Waals surface area contributed by atoms with Gasteiger partial charge in [-0.2, -0.15) is 0 Å². The summed E-state index contributed by atoms with van der Waals surface area (Å²) in [5.41, 5.74) is 7.23. The Morgan fingerprint density at radius 1 is 1.28 bits per heavy atom. The Morgan fingerprint density at radius 3 is 2.61 bits per heavy atom. The second-order valence-electron chi connectivity index (χ2n) is 4.94. The monoisotopic (exact) mass is 249 g/mol. The summed E-state index contributed by atoms with van der Waals surface area (Å²) < 4.78 is 6.03. The maximum Gasteiger partial charge on any atom is 0.160 e. The SMILES string of the molecule is CCOC1(c2ncc(N)c(CC)n2)CCCCC1. The first kappa shape index (κ1) is 13.3. The Labute approximate surface area is 109 Å². The Kier molecular flexibility index (Phi) is 4.17. The number of ether oxygens (including phenoxy) is 1. The molecule has 0 aliphatic heterocycles. The molecule has 1 heterocycles. The molecular formula is C14H23N3O. The van der Waals surface area contributed by atoms with Crippen LogP contribution in [-0.2, 0) is 16.8 Å². The van der Waals surface area contributed by atoms with Crippen molar-refractivity contribution in [2.75, 3.05) is 12.3 Å². The number of rotatable bonds is 4. The van der Waals surface area contributed by atoms with E-state index < -0.39 is 0 Å². The number of anilines is 1. The van der Waals surface area contributed by atoms with Gasteiger partial charge in [0.1, 0.15) is 5.60 Å². The molecule has 2 N–H and O–H groups in total. The fourth-order valence-electron chi connectivity index (χ4n) is 2.76. The number of aromatic nitrogens is 2. The van der Waals surface area contributed by atoms with Crippen LogP contribution in [0.5, 0.6) is 0 Å². The minimum atomic E-state index is -0.273. The number of nitrogens with zero attached hydrogens (tertiary/aromatic N) is 2. The minimum absolute atomic E-state index is 0.273. The molecule has 0 bridgehead atoms. The maximum absolute atomic E-state index is 6.03. The van der Waals surface area contributed by atoms with Crippen molar-refractivity contribution in [2.45, 2.75) is 58.0 Å². The van der Waals surface area contributed by atoms with E-state index in [0.717, 1.165) is 30.8 Å². The predicted octanol–water partition coefficient (Wildman–Crippen LogP) is 2.82. The van der Waals surface area contributed by atoms with Gasteiger partial charge in [0.15, 0.2) is 5.82 Å². The molecule has 1 fully saturated rings. The number of aryl methyl sites for hydroxylation is 1. The van der Waals surface area contributed by atoms with E-state index in [1.165, 1.54) is 19.3 Å². The molecule has 4 nitrogen and oxygen atoms in total. The number of nitrogens with two attached hydrogens (primary N) is 1. The smallest absolute Gasteiger partial charge is 0.160 e. The molecule has 1 aromatic rings. The molecule has 0 radical (unpaired) electrons. The minimum Gasteiger partial charge on any atom is -0.396 e. The van der Waals surface area contributed by atoms with E-state index in [1.807, 2.05) is 6.92 Å². The van der Waals surface area contributed by atoms with E-state index >= 15 is 0 Å². The van der Waals surface area contributed by atoms with Crippen LogP contribution in [0.2, 0.25) is 0 Å². The van der Waals surface area contributed by atoms with Crippen molar-refractivity contribution in [1.82, 2.24) is 9.97 Å². The molecule has 100 valence electrons.